The van der Waals surface area contributed by atoms with Gasteiger partial charge in [-0.05, 0) is 61.3 Å². The molecule has 1 amide bonds. The van der Waals surface area contributed by atoms with E-state index in [1.54, 1.807) is 0 Å². The first-order valence-corrected chi connectivity index (χ1v) is 10.9. The van der Waals surface area contributed by atoms with Gasteiger partial charge in [-0.2, -0.15) is 0 Å². The Morgan fingerprint density at radius 2 is 1.94 bits per heavy atom. The van der Waals surface area contributed by atoms with Crippen molar-refractivity contribution in [1.29, 1.82) is 0 Å². The van der Waals surface area contributed by atoms with Gasteiger partial charge >= 0.3 is 6.36 Å². The van der Waals surface area contributed by atoms with Crippen molar-refractivity contribution >= 4 is 5.91 Å². The Morgan fingerprint density at radius 3 is 2.53 bits per heavy atom. The fourth-order valence-corrected chi connectivity index (χ4v) is 4.54. The highest BCUT2D eigenvalue weighted by Crippen LogP contribution is 2.42. The second-order valence-corrected chi connectivity index (χ2v) is 8.85. The maximum atomic E-state index is 12.8. The minimum absolute atomic E-state index is 0.0839. The van der Waals surface area contributed by atoms with Crippen molar-refractivity contribution in [3.8, 4) is 5.75 Å². The minimum Gasteiger partial charge on any atom is -0.406 e. The molecule has 3 heterocycles. The third-order valence-corrected chi connectivity index (χ3v) is 6.56. The summed E-state index contributed by atoms with van der Waals surface area (Å²) < 4.78 is 47.7. The van der Waals surface area contributed by atoms with Crippen LogP contribution in [0, 0.1) is 0 Å². The molecule has 2 saturated heterocycles. The zero-order chi connectivity index (χ0) is 22.3. The summed E-state index contributed by atoms with van der Waals surface area (Å²) in [5.74, 6) is 0.582. The van der Waals surface area contributed by atoms with Gasteiger partial charge in [-0.1, -0.05) is 6.07 Å². The second kappa shape index (κ2) is 8.03. The quantitative estimate of drug-likeness (QED) is 0.669. The topological polar surface area (TPSA) is 64.5 Å². The van der Waals surface area contributed by atoms with Crippen LogP contribution in [0.3, 0.4) is 0 Å². The van der Waals surface area contributed by atoms with Gasteiger partial charge in [-0.15, -0.1) is 13.2 Å². The first kappa shape index (κ1) is 21.2. The van der Waals surface area contributed by atoms with Crippen LogP contribution in [0.4, 0.5) is 13.2 Å². The van der Waals surface area contributed by atoms with Gasteiger partial charge in [0.05, 0.1) is 17.7 Å². The van der Waals surface area contributed by atoms with E-state index in [1.807, 2.05) is 11.0 Å². The molecule has 3 aliphatic rings. The van der Waals surface area contributed by atoms with E-state index >= 15 is 0 Å². The van der Waals surface area contributed by atoms with E-state index in [0.717, 1.165) is 36.8 Å². The number of halogens is 3. The molecule has 0 radical (unpaired) electrons. The molecule has 1 atom stereocenters. The summed E-state index contributed by atoms with van der Waals surface area (Å²) in [6.45, 7) is 1.97. The molecule has 1 saturated carbocycles. The SMILES string of the molecule is O=C(c1cnc(CCc2cc(OC(F)(F)F)cc(C3CC3)c2)nc1)N1CC[C@@]12CCOC2. The Balaban J connectivity index is 1.24. The molecule has 0 unspecified atom stereocenters. The number of aryl methyl sites for hydroxylation is 2. The Hall–Kier alpha value is -2.68. The molecule has 170 valence electrons. The summed E-state index contributed by atoms with van der Waals surface area (Å²) >= 11 is 0. The van der Waals surface area contributed by atoms with E-state index in [2.05, 4.69) is 14.7 Å². The lowest BCUT2D eigenvalue weighted by Gasteiger charge is -2.49. The third-order valence-electron chi connectivity index (χ3n) is 6.56. The predicted molar refractivity (Wildman–Crippen MR) is 108 cm³/mol. The van der Waals surface area contributed by atoms with Gasteiger partial charge in [0.15, 0.2) is 0 Å². The van der Waals surface area contributed by atoms with Gasteiger partial charge in [0.2, 0.25) is 0 Å². The molecule has 6 nitrogen and oxygen atoms in total. The van der Waals surface area contributed by atoms with Crippen molar-refractivity contribution in [1.82, 2.24) is 14.9 Å². The minimum atomic E-state index is -4.72. The molecule has 1 aliphatic carbocycles. The highest BCUT2D eigenvalue weighted by Gasteiger charge is 2.50. The van der Waals surface area contributed by atoms with Crippen molar-refractivity contribution in [2.45, 2.75) is 56.3 Å². The van der Waals surface area contributed by atoms with Crippen molar-refractivity contribution in [2.24, 2.45) is 0 Å². The van der Waals surface area contributed by atoms with Crippen molar-refractivity contribution in [3.05, 3.63) is 53.1 Å². The largest absolute Gasteiger partial charge is 0.573 e. The highest BCUT2D eigenvalue weighted by molar-refractivity contribution is 5.94. The summed E-state index contributed by atoms with van der Waals surface area (Å²) in [6, 6.07) is 4.83. The van der Waals surface area contributed by atoms with Crippen LogP contribution < -0.4 is 4.74 Å². The van der Waals surface area contributed by atoms with E-state index in [4.69, 9.17) is 4.74 Å². The number of nitrogens with zero attached hydrogens (tertiary/aromatic N) is 3. The number of ether oxygens (including phenoxy) is 2. The predicted octanol–water partition coefficient (Wildman–Crippen LogP) is 4.04. The van der Waals surface area contributed by atoms with Crippen molar-refractivity contribution < 1.29 is 27.4 Å². The first-order chi connectivity index (χ1) is 15.3. The summed E-state index contributed by atoms with van der Waals surface area (Å²) in [5.41, 5.74) is 1.90. The van der Waals surface area contributed by atoms with Crippen LogP contribution in [0.5, 0.6) is 5.75 Å². The molecule has 9 heteroatoms. The number of rotatable bonds is 6. The van der Waals surface area contributed by atoms with Gasteiger partial charge in [-0.25, -0.2) is 9.97 Å². The van der Waals surface area contributed by atoms with E-state index in [0.29, 0.717) is 49.9 Å². The van der Waals surface area contributed by atoms with E-state index in [-0.39, 0.29) is 17.2 Å². The van der Waals surface area contributed by atoms with E-state index < -0.39 is 6.36 Å². The number of likely N-dealkylation sites (tertiary alicyclic amines) is 1. The first-order valence-electron chi connectivity index (χ1n) is 10.9. The number of benzene rings is 1. The maximum absolute atomic E-state index is 12.8. The van der Waals surface area contributed by atoms with E-state index in [1.165, 1.54) is 24.5 Å². The number of hydrogen-bond acceptors (Lipinski definition) is 5. The molecular weight excluding hydrogens is 423 g/mol. The lowest BCUT2D eigenvalue weighted by molar-refractivity contribution is -0.274. The van der Waals surface area contributed by atoms with Crippen LogP contribution in [0.2, 0.25) is 0 Å². The maximum Gasteiger partial charge on any atom is 0.573 e. The third kappa shape index (κ3) is 4.44. The number of aromatic nitrogens is 2. The van der Waals surface area contributed by atoms with Gasteiger partial charge in [0, 0.05) is 32.0 Å². The van der Waals surface area contributed by atoms with Crippen molar-refractivity contribution in [2.75, 3.05) is 19.8 Å². The molecule has 1 aromatic heterocycles. The van der Waals surface area contributed by atoms with Crippen LogP contribution >= 0.6 is 0 Å². The zero-order valence-corrected chi connectivity index (χ0v) is 17.5. The fourth-order valence-electron chi connectivity index (χ4n) is 4.54. The molecule has 1 aromatic carbocycles. The number of amides is 1. The average molecular weight is 447 g/mol. The van der Waals surface area contributed by atoms with Crippen LogP contribution in [0.15, 0.2) is 30.6 Å². The Kier molecular flexibility index (Phi) is 5.31. The van der Waals surface area contributed by atoms with Crippen LogP contribution in [0.25, 0.3) is 0 Å². The Morgan fingerprint density at radius 1 is 1.16 bits per heavy atom. The molecule has 2 aromatic rings. The molecule has 32 heavy (non-hydrogen) atoms. The van der Waals surface area contributed by atoms with Crippen molar-refractivity contribution in [3.63, 3.8) is 0 Å². The monoisotopic (exact) mass is 447 g/mol. The van der Waals surface area contributed by atoms with Crippen LogP contribution in [-0.4, -0.2) is 52.4 Å². The normalized spacial score (nSPS) is 22.8. The average Bonchev–Trinajstić information content (AvgIpc) is 3.46. The van der Waals surface area contributed by atoms with Gasteiger partial charge in [0.1, 0.15) is 11.6 Å². The smallest absolute Gasteiger partial charge is 0.406 e. The number of alkyl halides is 3. The summed E-state index contributed by atoms with van der Waals surface area (Å²) in [6.07, 6.45) is 3.07. The summed E-state index contributed by atoms with van der Waals surface area (Å²) in [4.78, 5) is 23.3. The molecule has 3 fully saturated rings. The molecule has 0 N–H and O–H groups in total. The lowest BCUT2D eigenvalue weighted by Crippen LogP contribution is -2.62. The Bertz CT molecular complexity index is 1000. The van der Waals surface area contributed by atoms with Crippen LogP contribution in [0.1, 0.15) is 58.9 Å². The fraction of sp³-hybridized carbons (Fsp3) is 0.522. The van der Waals surface area contributed by atoms with Gasteiger partial charge in [0.25, 0.3) is 5.91 Å². The Labute approximate surface area is 183 Å². The molecule has 1 spiro atoms. The molecule has 2 aliphatic heterocycles. The standard InChI is InChI=1S/C23H24F3N3O3/c24-23(25,26)32-19-10-15(9-17(11-19)16-2-3-16)1-4-20-27-12-18(13-28-20)21(30)29-7-5-22(29)6-8-31-14-22/h9-13,16H,1-8,14H2/t22-/m0/s1. The zero-order valence-electron chi connectivity index (χ0n) is 17.5. The molecular formula is C23H24F3N3O3. The highest BCUT2D eigenvalue weighted by atomic mass is 19.4. The number of carbonyl (C=O) groups is 1. The molecule has 5 rings (SSSR count). The summed E-state index contributed by atoms with van der Waals surface area (Å²) in [7, 11) is 0. The number of hydrogen-bond donors (Lipinski definition) is 0. The molecule has 0 bridgehead atoms. The second-order valence-electron chi connectivity index (χ2n) is 8.85. The lowest BCUT2D eigenvalue weighted by atomic mass is 9.83. The van der Waals surface area contributed by atoms with Gasteiger partial charge in [-0.3, -0.25) is 4.79 Å². The van der Waals surface area contributed by atoms with Gasteiger partial charge < -0.3 is 14.4 Å². The summed E-state index contributed by atoms with van der Waals surface area (Å²) in [5, 5.41) is 0. The van der Waals surface area contributed by atoms with E-state index in [9.17, 15) is 18.0 Å². The number of carbonyl (C=O) groups excluding carboxylic acids is 1. The van der Waals surface area contributed by atoms with Crippen LogP contribution in [-0.2, 0) is 17.6 Å².